The topological polar surface area (TPSA) is 105 Å². The highest BCUT2D eigenvalue weighted by Gasteiger charge is 2.31. The number of nitrogens with one attached hydrogen (secondary N) is 2. The van der Waals surface area contributed by atoms with E-state index in [1.807, 2.05) is 0 Å². The lowest BCUT2D eigenvalue weighted by atomic mass is 9.95. The van der Waals surface area contributed by atoms with E-state index in [-0.39, 0.29) is 12.1 Å². The quantitative estimate of drug-likeness (QED) is 0.639. The van der Waals surface area contributed by atoms with Gasteiger partial charge in [0.05, 0.1) is 18.5 Å². The summed E-state index contributed by atoms with van der Waals surface area (Å²) in [6, 6.07) is 10.9. The second-order valence-corrected chi connectivity index (χ2v) is 9.74. The number of sulfonamides is 1. The van der Waals surface area contributed by atoms with Crippen molar-refractivity contribution in [2.45, 2.75) is 25.4 Å². The van der Waals surface area contributed by atoms with Crippen molar-refractivity contribution in [3.8, 4) is 0 Å². The minimum atomic E-state index is -3.46. The van der Waals surface area contributed by atoms with Gasteiger partial charge in [-0.15, -0.1) is 0 Å². The summed E-state index contributed by atoms with van der Waals surface area (Å²) in [5, 5.41) is 4.95. The second-order valence-electron chi connectivity index (χ2n) is 7.83. The molecule has 2 amide bonds. The van der Waals surface area contributed by atoms with Crippen LogP contribution in [0.1, 0.15) is 24.5 Å². The number of carbonyl (C=O) groups excluding carboxylic acids is 2. The molecule has 8 nitrogen and oxygen atoms in total. The largest absolute Gasteiger partial charge is 0.372 e. The predicted octanol–water partition coefficient (Wildman–Crippen LogP) is 2.15. The highest BCUT2D eigenvalue weighted by Crippen LogP contribution is 2.31. The van der Waals surface area contributed by atoms with Crippen LogP contribution in [0.5, 0.6) is 0 Å². The summed E-state index contributed by atoms with van der Waals surface area (Å²) in [7, 11) is -2.07. The van der Waals surface area contributed by atoms with Crippen LogP contribution in [-0.2, 0) is 36.4 Å². The zero-order valence-corrected chi connectivity index (χ0v) is 19.0. The summed E-state index contributed by atoms with van der Waals surface area (Å²) >= 11 is 0. The van der Waals surface area contributed by atoms with Crippen molar-refractivity contribution in [2.75, 3.05) is 36.1 Å². The Morgan fingerprint density at radius 1 is 1.19 bits per heavy atom. The smallest absolute Gasteiger partial charge is 0.313 e. The number of hydrogen-bond acceptors (Lipinski definition) is 5. The molecule has 0 aromatic heterocycles. The average Bonchev–Trinajstić information content (AvgIpc) is 2.76. The Hall–Kier alpha value is -2.98. The highest BCUT2D eigenvalue weighted by molar-refractivity contribution is 7.92. The van der Waals surface area contributed by atoms with Crippen LogP contribution >= 0.6 is 0 Å². The summed E-state index contributed by atoms with van der Waals surface area (Å²) < 4.78 is 45.0. The zero-order chi connectivity index (χ0) is 23.5. The van der Waals surface area contributed by atoms with Crippen molar-refractivity contribution in [2.24, 2.45) is 0 Å². The van der Waals surface area contributed by atoms with Crippen LogP contribution < -0.4 is 14.9 Å². The van der Waals surface area contributed by atoms with Gasteiger partial charge in [-0.1, -0.05) is 24.3 Å². The van der Waals surface area contributed by atoms with Gasteiger partial charge < -0.3 is 15.4 Å². The van der Waals surface area contributed by atoms with Gasteiger partial charge in [-0.3, -0.25) is 13.9 Å². The maximum atomic E-state index is 14.2. The molecule has 0 saturated heterocycles. The Balaban J connectivity index is 1.70. The Kier molecular flexibility index (Phi) is 6.85. The number of anilines is 2. The van der Waals surface area contributed by atoms with E-state index in [0.29, 0.717) is 24.3 Å². The van der Waals surface area contributed by atoms with Crippen molar-refractivity contribution in [3.63, 3.8) is 0 Å². The summed E-state index contributed by atoms with van der Waals surface area (Å²) in [6.07, 6.45) is 2.55. The first-order chi connectivity index (χ1) is 15.0. The third-order valence-corrected chi connectivity index (χ3v) is 6.69. The third-order valence-electron chi connectivity index (χ3n) is 5.51. The van der Waals surface area contributed by atoms with Gasteiger partial charge in [0.15, 0.2) is 0 Å². The summed E-state index contributed by atoms with van der Waals surface area (Å²) in [6.45, 7) is 1.82. The minimum absolute atomic E-state index is 0.136. The fourth-order valence-corrected chi connectivity index (χ4v) is 4.64. The maximum absolute atomic E-state index is 14.2. The molecule has 1 aliphatic rings. The summed E-state index contributed by atoms with van der Waals surface area (Å²) in [4.78, 5) is 24.8. The number of hydrogen-bond donors (Lipinski definition) is 2. The number of rotatable bonds is 6. The molecule has 2 aromatic rings. The molecule has 2 aromatic carbocycles. The van der Waals surface area contributed by atoms with Crippen molar-refractivity contribution in [1.29, 1.82) is 0 Å². The van der Waals surface area contributed by atoms with Gasteiger partial charge in [0.2, 0.25) is 10.0 Å². The molecule has 0 spiro atoms. The molecule has 32 heavy (non-hydrogen) atoms. The minimum Gasteiger partial charge on any atom is -0.372 e. The lowest BCUT2D eigenvalue weighted by molar-refractivity contribution is -0.137. The van der Waals surface area contributed by atoms with E-state index < -0.39 is 33.3 Å². The SMILES string of the molecule is COC(C)(CNC(=O)C(=O)Nc1ccc2c(c1)N(S(C)(=O)=O)CCC2)c1ccccc1F. The summed E-state index contributed by atoms with van der Waals surface area (Å²) in [5.74, 6) is -2.35. The van der Waals surface area contributed by atoms with Gasteiger partial charge >= 0.3 is 11.8 Å². The van der Waals surface area contributed by atoms with E-state index in [9.17, 15) is 22.4 Å². The first-order valence-electron chi connectivity index (χ1n) is 10.0. The van der Waals surface area contributed by atoms with Gasteiger partial charge in [-0.05, 0) is 43.5 Å². The van der Waals surface area contributed by atoms with Crippen molar-refractivity contribution < 1.29 is 27.1 Å². The van der Waals surface area contributed by atoms with Crippen LogP contribution in [-0.4, -0.2) is 46.7 Å². The molecular formula is C22H26FN3O5S. The first-order valence-corrected chi connectivity index (χ1v) is 11.9. The van der Waals surface area contributed by atoms with Gasteiger partial charge in [0, 0.05) is 24.9 Å². The number of aryl methyl sites for hydroxylation is 1. The third kappa shape index (κ3) is 5.08. The number of ether oxygens (including phenoxy) is 1. The second kappa shape index (κ2) is 9.25. The fraction of sp³-hybridized carbons (Fsp3) is 0.364. The van der Waals surface area contributed by atoms with E-state index in [1.165, 1.54) is 17.5 Å². The molecule has 172 valence electrons. The van der Waals surface area contributed by atoms with Crippen LogP contribution in [0.4, 0.5) is 15.8 Å². The number of fused-ring (bicyclic) bond motifs is 1. The van der Waals surface area contributed by atoms with Crippen LogP contribution in [0, 0.1) is 5.82 Å². The molecule has 1 atom stereocenters. The number of methoxy groups -OCH3 is 1. The number of carbonyl (C=O) groups is 2. The number of benzene rings is 2. The molecule has 1 heterocycles. The van der Waals surface area contributed by atoms with Crippen molar-refractivity contribution in [1.82, 2.24) is 5.32 Å². The predicted molar refractivity (Wildman–Crippen MR) is 119 cm³/mol. The molecule has 3 rings (SSSR count). The monoisotopic (exact) mass is 463 g/mol. The molecule has 0 radical (unpaired) electrons. The Labute approximate surface area is 186 Å². The van der Waals surface area contributed by atoms with E-state index in [2.05, 4.69) is 10.6 Å². The Morgan fingerprint density at radius 2 is 1.91 bits per heavy atom. The highest BCUT2D eigenvalue weighted by atomic mass is 32.2. The number of amides is 2. The fourth-order valence-electron chi connectivity index (χ4n) is 3.65. The van der Waals surface area contributed by atoms with Gasteiger partial charge in [-0.2, -0.15) is 0 Å². The molecular weight excluding hydrogens is 437 g/mol. The summed E-state index contributed by atoms with van der Waals surface area (Å²) in [5.41, 5.74) is 0.707. The number of halogens is 1. The molecule has 0 bridgehead atoms. The molecule has 10 heteroatoms. The lowest BCUT2D eigenvalue weighted by Crippen LogP contribution is -2.44. The normalized spacial score (nSPS) is 15.4. The molecule has 1 aliphatic heterocycles. The van der Waals surface area contributed by atoms with Crippen molar-refractivity contribution >= 4 is 33.2 Å². The molecule has 0 fully saturated rings. The van der Waals surface area contributed by atoms with Gasteiger partial charge in [0.1, 0.15) is 11.4 Å². The molecule has 0 aliphatic carbocycles. The van der Waals surface area contributed by atoms with Crippen LogP contribution in [0.25, 0.3) is 0 Å². The van der Waals surface area contributed by atoms with E-state index in [4.69, 9.17) is 4.74 Å². The van der Waals surface area contributed by atoms with Crippen LogP contribution in [0.2, 0.25) is 0 Å². The van der Waals surface area contributed by atoms with E-state index in [1.54, 1.807) is 43.3 Å². The van der Waals surface area contributed by atoms with E-state index >= 15 is 0 Å². The first kappa shape index (κ1) is 23.7. The lowest BCUT2D eigenvalue weighted by Gasteiger charge is -2.30. The Morgan fingerprint density at radius 3 is 2.56 bits per heavy atom. The van der Waals surface area contributed by atoms with Crippen LogP contribution in [0.15, 0.2) is 42.5 Å². The molecule has 0 saturated carbocycles. The standard InChI is InChI=1S/C22H26FN3O5S/c1-22(31-2,17-8-4-5-9-18(17)23)14-24-20(27)21(28)25-16-11-10-15-7-6-12-26(19(15)13-16)32(3,29)30/h4-5,8-11,13H,6-7,12,14H2,1-3H3,(H,24,27)(H,25,28). The van der Waals surface area contributed by atoms with Gasteiger partial charge in [-0.25, -0.2) is 12.8 Å². The van der Waals surface area contributed by atoms with Gasteiger partial charge in [0.25, 0.3) is 0 Å². The molecule has 1 unspecified atom stereocenters. The number of nitrogens with zero attached hydrogens (tertiary/aromatic N) is 1. The van der Waals surface area contributed by atoms with Crippen LogP contribution in [0.3, 0.4) is 0 Å². The Bertz CT molecular complexity index is 1140. The van der Waals surface area contributed by atoms with E-state index in [0.717, 1.165) is 18.2 Å². The van der Waals surface area contributed by atoms with Crippen molar-refractivity contribution in [3.05, 3.63) is 59.4 Å². The average molecular weight is 464 g/mol. The molecule has 2 N–H and O–H groups in total. The maximum Gasteiger partial charge on any atom is 0.313 e. The zero-order valence-electron chi connectivity index (χ0n) is 18.1.